The number of anilines is 1. The summed E-state index contributed by atoms with van der Waals surface area (Å²) in [6.07, 6.45) is 7.75. The van der Waals surface area contributed by atoms with E-state index in [-0.39, 0.29) is 13.0 Å². The van der Waals surface area contributed by atoms with Crippen LogP contribution in [0.25, 0.3) is 5.00 Å². The van der Waals surface area contributed by atoms with Crippen molar-refractivity contribution in [2.24, 2.45) is 5.73 Å². The van der Waals surface area contributed by atoms with Crippen LogP contribution < -0.4 is 10.6 Å². The Balaban J connectivity index is 1.53. The molecule has 0 fully saturated rings. The highest BCUT2D eigenvalue weighted by Gasteiger charge is 2.28. The van der Waals surface area contributed by atoms with Crippen LogP contribution in [0.5, 0.6) is 0 Å². The lowest BCUT2D eigenvalue weighted by Gasteiger charge is -2.22. The SMILES string of the molecule is NC(=O)CCN(C(=O)COC(=O)c1c(-n2cccc2)sc2c1CCCC2)c1ccccc1. The molecule has 0 saturated heterocycles. The number of aromatic nitrogens is 1. The first kappa shape index (κ1) is 21.8. The van der Waals surface area contributed by atoms with E-state index in [0.717, 1.165) is 36.2 Å². The van der Waals surface area contributed by atoms with Crippen molar-refractivity contribution >= 4 is 34.8 Å². The van der Waals surface area contributed by atoms with Gasteiger partial charge in [-0.25, -0.2) is 4.79 Å². The molecule has 2 N–H and O–H groups in total. The van der Waals surface area contributed by atoms with E-state index in [9.17, 15) is 14.4 Å². The molecule has 8 heteroatoms. The molecule has 0 radical (unpaired) electrons. The monoisotopic (exact) mass is 451 g/mol. The normalized spacial score (nSPS) is 12.8. The number of rotatable bonds is 8. The lowest BCUT2D eigenvalue weighted by atomic mass is 9.95. The number of hydrogen-bond acceptors (Lipinski definition) is 5. The van der Waals surface area contributed by atoms with E-state index in [0.29, 0.717) is 11.3 Å². The van der Waals surface area contributed by atoms with Gasteiger partial charge in [-0.15, -0.1) is 11.3 Å². The van der Waals surface area contributed by atoms with Gasteiger partial charge in [-0.1, -0.05) is 18.2 Å². The molecule has 7 nitrogen and oxygen atoms in total. The van der Waals surface area contributed by atoms with Gasteiger partial charge in [-0.05, 0) is 55.5 Å². The van der Waals surface area contributed by atoms with Crippen molar-refractivity contribution in [3.63, 3.8) is 0 Å². The summed E-state index contributed by atoms with van der Waals surface area (Å²) in [5.74, 6) is -1.40. The predicted octanol–water partition coefficient (Wildman–Crippen LogP) is 3.48. The number of hydrogen-bond donors (Lipinski definition) is 1. The van der Waals surface area contributed by atoms with Gasteiger partial charge in [0.2, 0.25) is 5.91 Å². The summed E-state index contributed by atoms with van der Waals surface area (Å²) < 4.78 is 7.43. The van der Waals surface area contributed by atoms with Crippen LogP contribution in [0.15, 0.2) is 54.9 Å². The summed E-state index contributed by atoms with van der Waals surface area (Å²) in [7, 11) is 0. The Labute approximate surface area is 190 Å². The molecular weight excluding hydrogens is 426 g/mol. The number of nitrogens with zero attached hydrogens (tertiary/aromatic N) is 2. The van der Waals surface area contributed by atoms with Gasteiger partial charge in [0.15, 0.2) is 6.61 Å². The Morgan fingerprint density at radius 3 is 2.47 bits per heavy atom. The highest BCUT2D eigenvalue weighted by Crippen LogP contribution is 2.37. The second-order valence-electron chi connectivity index (χ2n) is 7.65. The maximum absolute atomic E-state index is 13.1. The summed E-state index contributed by atoms with van der Waals surface area (Å²) in [5, 5.41) is 0.827. The van der Waals surface area contributed by atoms with Gasteiger partial charge in [0, 0.05) is 35.9 Å². The van der Waals surface area contributed by atoms with Gasteiger partial charge < -0.3 is 19.9 Å². The molecule has 0 bridgehead atoms. The van der Waals surface area contributed by atoms with Crippen LogP contribution in [-0.2, 0) is 27.2 Å². The molecule has 32 heavy (non-hydrogen) atoms. The minimum absolute atomic E-state index is 0.0183. The molecule has 0 aliphatic heterocycles. The summed E-state index contributed by atoms with van der Waals surface area (Å²) in [6.45, 7) is -0.291. The number of benzene rings is 1. The zero-order chi connectivity index (χ0) is 22.5. The Hall–Kier alpha value is -3.39. The number of fused-ring (bicyclic) bond motifs is 1. The van der Waals surface area contributed by atoms with Gasteiger partial charge in [0.1, 0.15) is 5.00 Å². The second-order valence-corrected chi connectivity index (χ2v) is 8.74. The summed E-state index contributed by atoms with van der Waals surface area (Å²) in [6, 6.07) is 12.8. The van der Waals surface area contributed by atoms with Crippen LogP contribution in [0, 0.1) is 0 Å². The van der Waals surface area contributed by atoms with Gasteiger partial charge in [0.05, 0.1) is 5.56 Å². The molecule has 166 valence electrons. The first-order valence-corrected chi connectivity index (χ1v) is 11.4. The first-order chi connectivity index (χ1) is 15.5. The molecule has 2 heterocycles. The lowest BCUT2D eigenvalue weighted by molar-refractivity contribution is -0.121. The van der Waals surface area contributed by atoms with E-state index in [2.05, 4.69) is 0 Å². The van der Waals surface area contributed by atoms with Crippen molar-refractivity contribution in [1.82, 2.24) is 4.57 Å². The quantitative estimate of drug-likeness (QED) is 0.531. The third kappa shape index (κ3) is 4.75. The van der Waals surface area contributed by atoms with Crippen molar-refractivity contribution < 1.29 is 19.1 Å². The highest BCUT2D eigenvalue weighted by molar-refractivity contribution is 7.15. The van der Waals surface area contributed by atoms with E-state index >= 15 is 0 Å². The maximum atomic E-state index is 13.1. The number of para-hydroxylation sites is 1. The molecule has 0 atom stereocenters. The zero-order valence-corrected chi connectivity index (χ0v) is 18.5. The molecule has 1 aliphatic rings. The second kappa shape index (κ2) is 9.82. The molecule has 2 aromatic heterocycles. The minimum Gasteiger partial charge on any atom is -0.452 e. The number of carbonyl (C=O) groups is 3. The van der Waals surface area contributed by atoms with Gasteiger partial charge in [-0.2, -0.15) is 0 Å². The van der Waals surface area contributed by atoms with E-state index in [4.69, 9.17) is 10.5 Å². The number of nitrogens with two attached hydrogens (primary N) is 1. The van der Waals surface area contributed by atoms with Crippen LogP contribution in [0.2, 0.25) is 0 Å². The number of thiophene rings is 1. The predicted molar refractivity (Wildman–Crippen MR) is 123 cm³/mol. The molecule has 1 aromatic carbocycles. The molecule has 0 unspecified atom stereocenters. The number of esters is 1. The van der Waals surface area contributed by atoms with Crippen molar-refractivity contribution in [2.75, 3.05) is 18.1 Å². The Morgan fingerprint density at radius 2 is 1.75 bits per heavy atom. The molecule has 3 aromatic rings. The largest absolute Gasteiger partial charge is 0.452 e. The van der Waals surface area contributed by atoms with Gasteiger partial charge in [-0.3, -0.25) is 9.59 Å². The number of amides is 2. The molecular formula is C24H25N3O4S. The van der Waals surface area contributed by atoms with Crippen molar-refractivity contribution in [3.05, 3.63) is 70.9 Å². The molecule has 2 amide bonds. The molecule has 1 aliphatic carbocycles. The van der Waals surface area contributed by atoms with Crippen molar-refractivity contribution in [2.45, 2.75) is 32.1 Å². The highest BCUT2D eigenvalue weighted by atomic mass is 32.1. The fourth-order valence-corrected chi connectivity index (χ4v) is 5.26. The maximum Gasteiger partial charge on any atom is 0.341 e. The average Bonchev–Trinajstić information content (AvgIpc) is 3.46. The van der Waals surface area contributed by atoms with Crippen LogP contribution in [-0.4, -0.2) is 35.5 Å². The molecule has 4 rings (SSSR count). The smallest absolute Gasteiger partial charge is 0.341 e. The van der Waals surface area contributed by atoms with Crippen LogP contribution >= 0.6 is 11.3 Å². The Bertz CT molecular complexity index is 1110. The van der Waals surface area contributed by atoms with E-state index in [1.165, 1.54) is 9.78 Å². The Morgan fingerprint density at radius 1 is 1.03 bits per heavy atom. The van der Waals surface area contributed by atoms with Crippen LogP contribution in [0.4, 0.5) is 5.69 Å². The van der Waals surface area contributed by atoms with Crippen molar-refractivity contribution in [1.29, 1.82) is 0 Å². The fourth-order valence-electron chi connectivity index (χ4n) is 3.92. The number of primary amides is 1. The van der Waals surface area contributed by atoms with Gasteiger partial charge in [0.25, 0.3) is 5.91 Å². The number of carbonyl (C=O) groups excluding carboxylic acids is 3. The standard InChI is InChI=1S/C24H25N3O4S/c25-20(28)12-15-27(17-8-2-1-3-9-17)21(29)16-31-24(30)22-18-10-4-5-11-19(18)32-23(22)26-13-6-7-14-26/h1-3,6-9,13-14H,4-5,10-12,15-16H2,(H2,25,28). The zero-order valence-electron chi connectivity index (χ0n) is 17.7. The summed E-state index contributed by atoms with van der Waals surface area (Å²) in [5.41, 5.74) is 7.48. The molecule has 0 saturated carbocycles. The molecule has 0 spiro atoms. The Kier molecular flexibility index (Phi) is 6.70. The number of ether oxygens (including phenoxy) is 1. The lowest BCUT2D eigenvalue weighted by Crippen LogP contribution is -2.37. The third-order valence-electron chi connectivity index (χ3n) is 5.47. The van der Waals surface area contributed by atoms with E-state index < -0.39 is 24.4 Å². The first-order valence-electron chi connectivity index (χ1n) is 10.6. The van der Waals surface area contributed by atoms with Crippen molar-refractivity contribution in [3.8, 4) is 5.00 Å². The van der Waals surface area contributed by atoms with E-state index in [1.807, 2.05) is 35.2 Å². The topological polar surface area (TPSA) is 94.6 Å². The van der Waals surface area contributed by atoms with Gasteiger partial charge >= 0.3 is 5.97 Å². The summed E-state index contributed by atoms with van der Waals surface area (Å²) >= 11 is 1.61. The van der Waals surface area contributed by atoms with Crippen LogP contribution in [0.1, 0.15) is 40.1 Å². The minimum atomic E-state index is -0.503. The van der Waals surface area contributed by atoms with E-state index in [1.54, 1.807) is 35.6 Å². The van der Waals surface area contributed by atoms with Crippen LogP contribution in [0.3, 0.4) is 0 Å². The summed E-state index contributed by atoms with van der Waals surface area (Å²) in [4.78, 5) is 40.0. The average molecular weight is 452 g/mol. The third-order valence-corrected chi connectivity index (χ3v) is 6.78. The number of aryl methyl sites for hydroxylation is 1. The fraction of sp³-hybridized carbons (Fsp3) is 0.292.